The van der Waals surface area contributed by atoms with Gasteiger partial charge in [-0.1, -0.05) is 24.3 Å². The van der Waals surface area contributed by atoms with Crippen LogP contribution in [0.15, 0.2) is 69.8 Å². The van der Waals surface area contributed by atoms with Gasteiger partial charge in [-0.2, -0.15) is 0 Å². The average molecular weight is 473 g/mol. The molecule has 7 nitrogen and oxygen atoms in total. The predicted octanol–water partition coefficient (Wildman–Crippen LogP) is 4.04. The number of hydrogen-bond donors (Lipinski definition) is 2. The van der Waals surface area contributed by atoms with Crippen LogP contribution in [0.3, 0.4) is 0 Å². The minimum Gasteiger partial charge on any atom is -0.493 e. The highest BCUT2D eigenvalue weighted by atomic mass is 79.9. The molecule has 30 heavy (non-hydrogen) atoms. The van der Waals surface area contributed by atoms with E-state index in [-0.39, 0.29) is 24.0 Å². The van der Waals surface area contributed by atoms with E-state index in [9.17, 15) is 9.59 Å². The summed E-state index contributed by atoms with van der Waals surface area (Å²) in [5.74, 6) is 1.03. The largest absolute Gasteiger partial charge is 0.493 e. The molecule has 0 aliphatic carbocycles. The van der Waals surface area contributed by atoms with Crippen LogP contribution in [0.4, 0.5) is 5.69 Å². The number of methoxy groups -OCH3 is 1. The van der Waals surface area contributed by atoms with Gasteiger partial charge >= 0.3 is 0 Å². The first-order valence-corrected chi connectivity index (χ1v) is 10.0. The number of furan rings is 1. The van der Waals surface area contributed by atoms with Crippen molar-refractivity contribution in [1.29, 1.82) is 0 Å². The van der Waals surface area contributed by atoms with Gasteiger partial charge in [0.1, 0.15) is 6.61 Å². The van der Waals surface area contributed by atoms with Crippen molar-refractivity contribution in [3.8, 4) is 11.5 Å². The van der Waals surface area contributed by atoms with Crippen molar-refractivity contribution in [3.05, 3.63) is 76.7 Å². The number of carbonyl (C=O) groups is 2. The van der Waals surface area contributed by atoms with Crippen molar-refractivity contribution in [1.82, 2.24) is 5.32 Å². The van der Waals surface area contributed by atoms with Crippen molar-refractivity contribution in [2.45, 2.75) is 6.42 Å². The van der Waals surface area contributed by atoms with Crippen LogP contribution in [-0.2, 0) is 11.2 Å². The molecule has 0 aliphatic rings. The number of ether oxygens (including phenoxy) is 2. The van der Waals surface area contributed by atoms with Crippen LogP contribution in [0.25, 0.3) is 0 Å². The topological polar surface area (TPSA) is 89.8 Å². The summed E-state index contributed by atoms with van der Waals surface area (Å²) >= 11 is 3.16. The first-order chi connectivity index (χ1) is 14.5. The van der Waals surface area contributed by atoms with Gasteiger partial charge in [0, 0.05) is 5.69 Å². The highest BCUT2D eigenvalue weighted by Crippen LogP contribution is 2.25. The second kappa shape index (κ2) is 10.5. The fraction of sp³-hybridized carbons (Fsp3) is 0.182. The van der Waals surface area contributed by atoms with E-state index in [1.165, 1.54) is 0 Å². The van der Waals surface area contributed by atoms with Gasteiger partial charge in [0.15, 0.2) is 21.9 Å². The molecular formula is C22H21BrN2O5. The molecule has 0 radical (unpaired) electrons. The number of benzene rings is 2. The molecule has 8 heteroatoms. The van der Waals surface area contributed by atoms with Gasteiger partial charge in [-0.3, -0.25) is 9.59 Å². The molecule has 2 aromatic carbocycles. The fourth-order valence-electron chi connectivity index (χ4n) is 2.67. The molecule has 0 saturated heterocycles. The van der Waals surface area contributed by atoms with E-state index in [0.717, 1.165) is 5.56 Å². The van der Waals surface area contributed by atoms with E-state index >= 15 is 0 Å². The van der Waals surface area contributed by atoms with Gasteiger partial charge in [-0.25, -0.2) is 0 Å². The van der Waals surface area contributed by atoms with Crippen molar-refractivity contribution in [2.24, 2.45) is 0 Å². The number of nitrogens with one attached hydrogen (secondary N) is 2. The molecule has 0 saturated carbocycles. The molecule has 0 fully saturated rings. The first-order valence-electron chi connectivity index (χ1n) is 9.23. The van der Waals surface area contributed by atoms with Crippen molar-refractivity contribution < 1.29 is 23.5 Å². The lowest BCUT2D eigenvalue weighted by molar-refractivity contribution is -0.120. The maximum atomic E-state index is 12.1. The van der Waals surface area contributed by atoms with E-state index in [1.807, 2.05) is 24.3 Å². The number of hydrogen-bond acceptors (Lipinski definition) is 5. The van der Waals surface area contributed by atoms with Gasteiger partial charge in [-0.15, -0.1) is 0 Å². The van der Waals surface area contributed by atoms with Gasteiger partial charge in [0.2, 0.25) is 5.91 Å². The number of anilines is 1. The summed E-state index contributed by atoms with van der Waals surface area (Å²) in [5, 5.41) is 5.56. The Labute approximate surface area is 182 Å². The van der Waals surface area contributed by atoms with E-state index in [0.29, 0.717) is 35.0 Å². The number of halogens is 1. The summed E-state index contributed by atoms with van der Waals surface area (Å²) < 4.78 is 16.5. The standard InChI is InChI=1S/C22H21BrN2O5/c1-28-17-4-2-3-5-18(17)29-13-12-24-21(26)14-15-6-8-16(9-7-15)25-22(27)19-10-11-20(23)30-19/h2-11H,12-14H2,1H3,(H,24,26)(H,25,27). The second-order valence-electron chi connectivity index (χ2n) is 6.28. The summed E-state index contributed by atoms with van der Waals surface area (Å²) in [5.41, 5.74) is 1.44. The lowest BCUT2D eigenvalue weighted by atomic mass is 10.1. The van der Waals surface area contributed by atoms with Crippen LogP contribution in [0, 0.1) is 0 Å². The summed E-state index contributed by atoms with van der Waals surface area (Å²) in [6, 6.07) is 17.6. The molecule has 0 aliphatic heterocycles. The summed E-state index contributed by atoms with van der Waals surface area (Å²) in [7, 11) is 1.58. The lowest BCUT2D eigenvalue weighted by Crippen LogP contribution is -2.29. The smallest absolute Gasteiger partial charge is 0.291 e. The van der Waals surface area contributed by atoms with Gasteiger partial charge in [0.05, 0.1) is 20.1 Å². The SMILES string of the molecule is COc1ccccc1OCCNC(=O)Cc1ccc(NC(=O)c2ccc(Br)o2)cc1. The van der Waals surface area contributed by atoms with E-state index < -0.39 is 0 Å². The molecule has 1 aromatic heterocycles. The number of para-hydroxylation sites is 2. The van der Waals surface area contributed by atoms with Crippen LogP contribution in [0.5, 0.6) is 11.5 Å². The van der Waals surface area contributed by atoms with Crippen molar-refractivity contribution in [2.75, 3.05) is 25.6 Å². The molecule has 2 N–H and O–H groups in total. The predicted molar refractivity (Wildman–Crippen MR) is 116 cm³/mol. The Hall–Kier alpha value is -3.26. The molecule has 156 valence electrons. The molecule has 0 bridgehead atoms. The Kier molecular flexibility index (Phi) is 7.51. The Balaban J connectivity index is 1.41. The maximum Gasteiger partial charge on any atom is 0.291 e. The average Bonchev–Trinajstić information content (AvgIpc) is 3.19. The van der Waals surface area contributed by atoms with Crippen LogP contribution >= 0.6 is 15.9 Å². The third-order valence-corrected chi connectivity index (χ3v) is 4.55. The normalized spacial score (nSPS) is 10.3. The van der Waals surface area contributed by atoms with Crippen LogP contribution in [-0.4, -0.2) is 32.1 Å². The number of carbonyl (C=O) groups excluding carboxylic acids is 2. The summed E-state index contributed by atoms with van der Waals surface area (Å²) in [4.78, 5) is 24.2. The molecule has 1 heterocycles. The van der Waals surface area contributed by atoms with Crippen molar-refractivity contribution >= 4 is 33.4 Å². The monoisotopic (exact) mass is 472 g/mol. The molecule has 3 aromatic rings. The minimum atomic E-state index is -0.346. The Morgan fingerprint density at radius 2 is 1.73 bits per heavy atom. The van der Waals surface area contributed by atoms with Gasteiger partial charge in [0.25, 0.3) is 5.91 Å². The second-order valence-corrected chi connectivity index (χ2v) is 7.06. The Morgan fingerprint density at radius 3 is 2.40 bits per heavy atom. The fourth-order valence-corrected chi connectivity index (χ4v) is 2.98. The minimum absolute atomic E-state index is 0.115. The molecule has 0 spiro atoms. The number of rotatable bonds is 9. The molecule has 3 rings (SSSR count). The first kappa shape index (κ1) is 21.4. The number of amides is 2. The van der Waals surface area contributed by atoms with E-state index in [1.54, 1.807) is 43.5 Å². The summed E-state index contributed by atoms with van der Waals surface area (Å²) in [6.07, 6.45) is 0.230. The zero-order valence-electron chi connectivity index (χ0n) is 16.3. The lowest BCUT2D eigenvalue weighted by Gasteiger charge is -2.11. The molecule has 2 amide bonds. The van der Waals surface area contributed by atoms with Crippen LogP contribution in [0.1, 0.15) is 16.1 Å². The van der Waals surface area contributed by atoms with Crippen molar-refractivity contribution in [3.63, 3.8) is 0 Å². The molecular weight excluding hydrogens is 452 g/mol. The Morgan fingerprint density at radius 1 is 1.00 bits per heavy atom. The van der Waals surface area contributed by atoms with Gasteiger partial charge in [-0.05, 0) is 57.9 Å². The quantitative estimate of drug-likeness (QED) is 0.458. The zero-order chi connectivity index (χ0) is 21.3. The third kappa shape index (κ3) is 6.12. The highest BCUT2D eigenvalue weighted by molar-refractivity contribution is 9.10. The maximum absolute atomic E-state index is 12.1. The molecule has 0 atom stereocenters. The highest BCUT2D eigenvalue weighted by Gasteiger charge is 2.11. The zero-order valence-corrected chi connectivity index (χ0v) is 17.9. The van der Waals surface area contributed by atoms with Crippen LogP contribution < -0.4 is 20.1 Å². The van der Waals surface area contributed by atoms with E-state index in [2.05, 4.69) is 26.6 Å². The van der Waals surface area contributed by atoms with Gasteiger partial charge < -0.3 is 24.5 Å². The van der Waals surface area contributed by atoms with Crippen LogP contribution in [0.2, 0.25) is 0 Å². The Bertz CT molecular complexity index is 1000. The summed E-state index contributed by atoms with van der Waals surface area (Å²) in [6.45, 7) is 0.712. The molecule has 0 unspecified atom stereocenters. The van der Waals surface area contributed by atoms with E-state index in [4.69, 9.17) is 13.9 Å². The third-order valence-electron chi connectivity index (χ3n) is 4.12.